The van der Waals surface area contributed by atoms with Gasteiger partial charge in [-0.1, -0.05) is 17.7 Å². The molecule has 1 atom stereocenters. The molecule has 1 heterocycles. The number of aromatic nitrogens is 1. The number of carbonyl (C=O) groups is 1. The maximum atomic E-state index is 10.2. The second-order valence-electron chi connectivity index (χ2n) is 2.50. The van der Waals surface area contributed by atoms with E-state index in [2.05, 4.69) is 4.98 Å². The predicted octanol–water partition coefficient (Wildman–Crippen LogP) is 1.24. The second-order valence-corrected chi connectivity index (χ2v) is 2.89. The van der Waals surface area contributed by atoms with Gasteiger partial charge in [-0.15, -0.1) is 0 Å². The summed E-state index contributed by atoms with van der Waals surface area (Å²) in [7, 11) is 0. The van der Waals surface area contributed by atoms with Crippen LogP contribution in [0.2, 0.25) is 5.15 Å². The Balaban J connectivity index is 2.76. The zero-order valence-electron chi connectivity index (χ0n) is 6.64. The molecule has 0 radical (unpaired) electrons. The Labute approximate surface area is 79.8 Å². The lowest BCUT2D eigenvalue weighted by molar-refractivity contribution is -0.139. The molecule has 1 aromatic rings. The van der Waals surface area contributed by atoms with Gasteiger partial charge in [-0.25, -0.2) is 4.98 Å². The molecule has 0 aliphatic heterocycles. The van der Waals surface area contributed by atoms with Gasteiger partial charge in [-0.2, -0.15) is 0 Å². The van der Waals surface area contributed by atoms with Gasteiger partial charge in [0.1, 0.15) is 11.3 Å². The van der Waals surface area contributed by atoms with E-state index in [1.54, 1.807) is 12.1 Å². The molecule has 0 aliphatic rings. The first-order chi connectivity index (χ1) is 6.09. The topological polar surface area (TPSA) is 70.4 Å². The van der Waals surface area contributed by atoms with Crippen LogP contribution in [0, 0.1) is 0 Å². The number of carboxylic acids is 1. The fourth-order valence-electron chi connectivity index (χ4n) is 0.880. The molecular formula is C8H8ClNO3. The molecule has 70 valence electrons. The van der Waals surface area contributed by atoms with E-state index in [0.29, 0.717) is 0 Å². The minimum atomic E-state index is -1.10. The largest absolute Gasteiger partial charge is 0.481 e. The first-order valence-corrected chi connectivity index (χ1v) is 3.99. The van der Waals surface area contributed by atoms with Crippen molar-refractivity contribution in [1.29, 1.82) is 0 Å². The fraction of sp³-hybridized carbons (Fsp3) is 0.250. The van der Waals surface area contributed by atoms with Gasteiger partial charge in [0.2, 0.25) is 0 Å². The van der Waals surface area contributed by atoms with Crippen LogP contribution in [-0.2, 0) is 4.79 Å². The molecule has 0 aromatic carbocycles. The van der Waals surface area contributed by atoms with Crippen molar-refractivity contribution < 1.29 is 15.0 Å². The molecule has 0 saturated carbocycles. The number of rotatable bonds is 3. The maximum Gasteiger partial charge on any atom is 0.306 e. The van der Waals surface area contributed by atoms with E-state index in [4.69, 9.17) is 16.7 Å². The summed E-state index contributed by atoms with van der Waals surface area (Å²) in [5.74, 6) is -1.07. The maximum absolute atomic E-state index is 10.2. The summed E-state index contributed by atoms with van der Waals surface area (Å²) in [5.41, 5.74) is 0.273. The Bertz CT molecular complexity index is 316. The number of aliphatic carboxylic acids is 1. The van der Waals surface area contributed by atoms with Gasteiger partial charge in [0.05, 0.1) is 12.1 Å². The first kappa shape index (κ1) is 9.95. The zero-order chi connectivity index (χ0) is 9.84. The smallest absolute Gasteiger partial charge is 0.306 e. The van der Waals surface area contributed by atoms with Gasteiger partial charge in [0.15, 0.2) is 0 Å². The summed E-state index contributed by atoms with van der Waals surface area (Å²) in [4.78, 5) is 14.0. The molecule has 0 amide bonds. The van der Waals surface area contributed by atoms with E-state index in [0.717, 1.165) is 0 Å². The van der Waals surface area contributed by atoms with Crippen LogP contribution < -0.4 is 0 Å². The fourth-order valence-corrected chi connectivity index (χ4v) is 1.05. The highest BCUT2D eigenvalue weighted by Crippen LogP contribution is 2.15. The Morgan fingerprint density at radius 2 is 2.31 bits per heavy atom. The summed E-state index contributed by atoms with van der Waals surface area (Å²) in [5, 5.41) is 17.9. The standard InChI is InChI=1S/C8H8ClNO3/c9-7-3-1-2-5(10-7)6(11)4-8(12)13/h1-3,6,11H,4H2,(H,12,13)/t6-/m1/s1. The summed E-state index contributed by atoms with van der Waals surface area (Å²) >= 11 is 5.56. The SMILES string of the molecule is O=C(O)C[C@@H](O)c1cccc(Cl)n1. The van der Waals surface area contributed by atoms with Crippen LogP contribution in [0.3, 0.4) is 0 Å². The van der Waals surface area contributed by atoms with E-state index in [9.17, 15) is 9.90 Å². The molecule has 1 aromatic heterocycles. The van der Waals surface area contributed by atoms with Gasteiger partial charge in [0, 0.05) is 0 Å². The van der Waals surface area contributed by atoms with Gasteiger partial charge < -0.3 is 10.2 Å². The lowest BCUT2D eigenvalue weighted by Gasteiger charge is -2.06. The lowest BCUT2D eigenvalue weighted by atomic mass is 10.2. The van der Waals surface area contributed by atoms with Crippen LogP contribution in [0.4, 0.5) is 0 Å². The molecule has 1 rings (SSSR count). The molecule has 0 fully saturated rings. The summed E-state index contributed by atoms with van der Waals surface area (Å²) < 4.78 is 0. The van der Waals surface area contributed by atoms with Crippen LogP contribution in [-0.4, -0.2) is 21.2 Å². The van der Waals surface area contributed by atoms with Crippen molar-refractivity contribution in [2.24, 2.45) is 0 Å². The van der Waals surface area contributed by atoms with E-state index in [1.807, 2.05) is 0 Å². The number of hydrogen-bond acceptors (Lipinski definition) is 3. The summed E-state index contributed by atoms with van der Waals surface area (Å²) in [6.45, 7) is 0. The number of aliphatic hydroxyl groups is 1. The molecule has 0 unspecified atom stereocenters. The Morgan fingerprint density at radius 1 is 1.62 bits per heavy atom. The molecule has 0 bridgehead atoms. The van der Waals surface area contributed by atoms with Gasteiger partial charge in [-0.3, -0.25) is 4.79 Å². The monoisotopic (exact) mass is 201 g/mol. The van der Waals surface area contributed by atoms with Crippen LogP contribution in [0.25, 0.3) is 0 Å². The van der Waals surface area contributed by atoms with Gasteiger partial charge >= 0.3 is 5.97 Å². The van der Waals surface area contributed by atoms with Crippen molar-refractivity contribution in [2.45, 2.75) is 12.5 Å². The number of halogens is 1. The van der Waals surface area contributed by atoms with Crippen LogP contribution >= 0.6 is 11.6 Å². The van der Waals surface area contributed by atoms with E-state index in [1.165, 1.54) is 6.07 Å². The van der Waals surface area contributed by atoms with Crippen LogP contribution in [0.5, 0.6) is 0 Å². The van der Waals surface area contributed by atoms with Crippen LogP contribution in [0.1, 0.15) is 18.2 Å². The third kappa shape index (κ3) is 3.01. The normalized spacial score (nSPS) is 12.5. The number of carboxylic acid groups (broad SMARTS) is 1. The van der Waals surface area contributed by atoms with E-state index < -0.39 is 12.1 Å². The minimum absolute atomic E-state index is 0.238. The molecule has 2 N–H and O–H groups in total. The van der Waals surface area contributed by atoms with Crippen molar-refractivity contribution in [3.8, 4) is 0 Å². The highest BCUT2D eigenvalue weighted by atomic mass is 35.5. The molecule has 4 nitrogen and oxygen atoms in total. The van der Waals surface area contributed by atoms with Crippen LogP contribution in [0.15, 0.2) is 18.2 Å². The Hall–Kier alpha value is -1.13. The molecule has 0 spiro atoms. The minimum Gasteiger partial charge on any atom is -0.481 e. The predicted molar refractivity (Wildman–Crippen MR) is 46.5 cm³/mol. The third-order valence-corrected chi connectivity index (χ3v) is 1.66. The van der Waals surface area contributed by atoms with Crippen molar-refractivity contribution in [3.63, 3.8) is 0 Å². The van der Waals surface area contributed by atoms with Crippen molar-refractivity contribution in [1.82, 2.24) is 4.98 Å². The molecular weight excluding hydrogens is 194 g/mol. The lowest BCUT2D eigenvalue weighted by Crippen LogP contribution is -2.06. The quantitative estimate of drug-likeness (QED) is 0.722. The number of hydrogen-bond donors (Lipinski definition) is 2. The van der Waals surface area contributed by atoms with E-state index >= 15 is 0 Å². The number of pyridine rings is 1. The Kier molecular flexibility index (Phi) is 3.22. The highest BCUT2D eigenvalue weighted by Gasteiger charge is 2.13. The number of aliphatic hydroxyl groups excluding tert-OH is 1. The van der Waals surface area contributed by atoms with Gasteiger partial charge in [0.25, 0.3) is 0 Å². The van der Waals surface area contributed by atoms with E-state index in [-0.39, 0.29) is 17.3 Å². The average molecular weight is 202 g/mol. The summed E-state index contributed by atoms with van der Waals surface area (Å²) in [6, 6.07) is 4.69. The molecule has 13 heavy (non-hydrogen) atoms. The third-order valence-electron chi connectivity index (χ3n) is 1.45. The van der Waals surface area contributed by atoms with Crippen molar-refractivity contribution in [3.05, 3.63) is 29.0 Å². The first-order valence-electron chi connectivity index (χ1n) is 3.62. The van der Waals surface area contributed by atoms with Crippen molar-refractivity contribution >= 4 is 17.6 Å². The second kappa shape index (κ2) is 4.20. The van der Waals surface area contributed by atoms with Gasteiger partial charge in [-0.05, 0) is 12.1 Å². The number of nitrogens with zero attached hydrogens (tertiary/aromatic N) is 1. The molecule has 0 aliphatic carbocycles. The zero-order valence-corrected chi connectivity index (χ0v) is 7.40. The van der Waals surface area contributed by atoms with Crippen molar-refractivity contribution in [2.75, 3.05) is 0 Å². The summed E-state index contributed by atoms with van der Waals surface area (Å²) in [6.07, 6.45) is -1.47. The Morgan fingerprint density at radius 3 is 2.85 bits per heavy atom. The molecule has 0 saturated heterocycles. The highest BCUT2D eigenvalue weighted by molar-refractivity contribution is 6.29. The average Bonchev–Trinajstić information content (AvgIpc) is 2.03. The molecule has 5 heteroatoms.